The van der Waals surface area contributed by atoms with Crippen LogP contribution in [-0.4, -0.2) is 5.91 Å². The first-order valence-electron chi connectivity index (χ1n) is 6.84. The van der Waals surface area contributed by atoms with E-state index >= 15 is 0 Å². The Morgan fingerprint density at radius 2 is 1.59 bits per heavy atom. The fourth-order valence-corrected chi connectivity index (χ4v) is 2.45. The van der Waals surface area contributed by atoms with Crippen LogP contribution in [0.4, 0.5) is 14.5 Å². The maximum absolute atomic E-state index is 13.1. The third kappa shape index (κ3) is 3.11. The number of hydrogen-bond acceptors (Lipinski definition) is 1. The van der Waals surface area contributed by atoms with Gasteiger partial charge in [0.2, 0.25) is 5.91 Å². The first-order chi connectivity index (χ1) is 10.6. The monoisotopic (exact) mass is 297 g/mol. The summed E-state index contributed by atoms with van der Waals surface area (Å²) in [6, 6.07) is 16.4. The van der Waals surface area contributed by atoms with Gasteiger partial charge in [0, 0.05) is 11.8 Å². The lowest BCUT2D eigenvalue weighted by molar-refractivity contribution is -0.115. The SMILES string of the molecule is O=C(Cc1cccc2ccccc12)Nc1cc(F)cc(F)c1. The van der Waals surface area contributed by atoms with Crippen molar-refractivity contribution < 1.29 is 13.6 Å². The Morgan fingerprint density at radius 3 is 2.36 bits per heavy atom. The minimum Gasteiger partial charge on any atom is -0.326 e. The molecule has 3 aromatic carbocycles. The lowest BCUT2D eigenvalue weighted by Crippen LogP contribution is -2.14. The largest absolute Gasteiger partial charge is 0.326 e. The standard InChI is InChI=1S/C18H13F2NO/c19-14-9-15(20)11-16(10-14)21-18(22)8-13-6-3-5-12-4-1-2-7-17(12)13/h1-7,9-11H,8H2,(H,21,22). The molecule has 2 nitrogen and oxygen atoms in total. The first kappa shape index (κ1) is 14.2. The highest BCUT2D eigenvalue weighted by Crippen LogP contribution is 2.20. The first-order valence-corrected chi connectivity index (χ1v) is 6.84. The van der Waals surface area contributed by atoms with Gasteiger partial charge >= 0.3 is 0 Å². The lowest BCUT2D eigenvalue weighted by Gasteiger charge is -2.08. The summed E-state index contributed by atoms with van der Waals surface area (Å²) in [6.45, 7) is 0. The van der Waals surface area contributed by atoms with E-state index in [2.05, 4.69) is 5.32 Å². The van der Waals surface area contributed by atoms with E-state index in [1.165, 1.54) is 0 Å². The molecule has 0 spiro atoms. The number of amides is 1. The molecule has 110 valence electrons. The van der Waals surface area contributed by atoms with Gasteiger partial charge in [-0.15, -0.1) is 0 Å². The fraction of sp³-hybridized carbons (Fsp3) is 0.0556. The summed E-state index contributed by atoms with van der Waals surface area (Å²) in [7, 11) is 0. The van der Waals surface area contributed by atoms with Gasteiger partial charge in [-0.25, -0.2) is 8.78 Å². The van der Waals surface area contributed by atoms with E-state index in [9.17, 15) is 13.6 Å². The molecule has 0 aliphatic carbocycles. The maximum atomic E-state index is 13.1. The Balaban J connectivity index is 1.81. The summed E-state index contributed by atoms with van der Waals surface area (Å²) < 4.78 is 26.2. The second kappa shape index (κ2) is 5.93. The highest BCUT2D eigenvalue weighted by Gasteiger charge is 2.08. The molecule has 0 aliphatic heterocycles. The van der Waals surface area contributed by atoms with E-state index in [4.69, 9.17) is 0 Å². The van der Waals surface area contributed by atoms with Crippen LogP contribution in [0.3, 0.4) is 0 Å². The number of anilines is 1. The number of fused-ring (bicyclic) bond motifs is 1. The van der Waals surface area contributed by atoms with Gasteiger partial charge in [-0.05, 0) is 28.5 Å². The zero-order chi connectivity index (χ0) is 15.5. The molecule has 0 unspecified atom stereocenters. The topological polar surface area (TPSA) is 29.1 Å². The number of rotatable bonds is 3. The van der Waals surface area contributed by atoms with Gasteiger partial charge in [-0.1, -0.05) is 42.5 Å². The van der Waals surface area contributed by atoms with Crippen LogP contribution in [0.2, 0.25) is 0 Å². The molecule has 3 rings (SSSR count). The summed E-state index contributed by atoms with van der Waals surface area (Å²) >= 11 is 0. The molecule has 1 amide bonds. The number of carbonyl (C=O) groups excluding carboxylic acids is 1. The normalized spacial score (nSPS) is 10.6. The number of carbonyl (C=O) groups is 1. The van der Waals surface area contributed by atoms with Crippen LogP contribution < -0.4 is 5.32 Å². The number of hydrogen-bond donors (Lipinski definition) is 1. The van der Waals surface area contributed by atoms with Crippen LogP contribution in [-0.2, 0) is 11.2 Å². The molecule has 0 aromatic heterocycles. The van der Waals surface area contributed by atoms with Crippen molar-refractivity contribution in [2.75, 3.05) is 5.32 Å². The molecule has 0 radical (unpaired) electrons. The average molecular weight is 297 g/mol. The molecule has 4 heteroatoms. The van der Waals surface area contributed by atoms with Crippen LogP contribution in [0.1, 0.15) is 5.56 Å². The van der Waals surface area contributed by atoms with Crippen molar-refractivity contribution in [2.24, 2.45) is 0 Å². The van der Waals surface area contributed by atoms with Crippen LogP contribution >= 0.6 is 0 Å². The molecule has 0 fully saturated rings. The summed E-state index contributed by atoms with van der Waals surface area (Å²) in [5.74, 6) is -1.76. The summed E-state index contributed by atoms with van der Waals surface area (Å²) in [6.07, 6.45) is 0.138. The minimum absolute atomic E-state index is 0.114. The van der Waals surface area contributed by atoms with Crippen molar-refractivity contribution in [1.29, 1.82) is 0 Å². The third-order valence-corrected chi connectivity index (χ3v) is 3.38. The number of benzene rings is 3. The molecule has 0 bridgehead atoms. The van der Waals surface area contributed by atoms with Crippen LogP contribution in [0.25, 0.3) is 10.8 Å². The van der Waals surface area contributed by atoms with Gasteiger partial charge in [-0.2, -0.15) is 0 Å². The van der Waals surface area contributed by atoms with Crippen molar-refractivity contribution >= 4 is 22.4 Å². The molecular formula is C18H13F2NO. The minimum atomic E-state index is -0.722. The van der Waals surface area contributed by atoms with Crippen molar-refractivity contribution in [3.05, 3.63) is 77.9 Å². The van der Waals surface area contributed by atoms with Crippen molar-refractivity contribution in [2.45, 2.75) is 6.42 Å². The van der Waals surface area contributed by atoms with E-state index in [-0.39, 0.29) is 18.0 Å². The Kier molecular flexibility index (Phi) is 3.83. The molecule has 0 saturated carbocycles. The second-order valence-corrected chi connectivity index (χ2v) is 5.02. The second-order valence-electron chi connectivity index (χ2n) is 5.02. The Bertz CT molecular complexity index is 820. The Hall–Kier alpha value is -2.75. The van der Waals surface area contributed by atoms with Gasteiger partial charge < -0.3 is 5.32 Å². The maximum Gasteiger partial charge on any atom is 0.228 e. The van der Waals surface area contributed by atoms with E-state index in [0.717, 1.165) is 34.5 Å². The molecule has 22 heavy (non-hydrogen) atoms. The van der Waals surface area contributed by atoms with Gasteiger partial charge in [0.15, 0.2) is 0 Å². The zero-order valence-electron chi connectivity index (χ0n) is 11.6. The molecule has 1 N–H and O–H groups in total. The quantitative estimate of drug-likeness (QED) is 0.767. The van der Waals surface area contributed by atoms with E-state index in [0.29, 0.717) is 0 Å². The van der Waals surface area contributed by atoms with Gasteiger partial charge in [-0.3, -0.25) is 4.79 Å². The molecule has 0 atom stereocenters. The van der Waals surface area contributed by atoms with Crippen LogP contribution in [0, 0.1) is 11.6 Å². The zero-order valence-corrected chi connectivity index (χ0v) is 11.6. The van der Waals surface area contributed by atoms with Crippen LogP contribution in [0.15, 0.2) is 60.7 Å². The van der Waals surface area contributed by atoms with Gasteiger partial charge in [0.05, 0.1) is 6.42 Å². The number of nitrogens with one attached hydrogen (secondary N) is 1. The van der Waals surface area contributed by atoms with E-state index in [1.807, 2.05) is 42.5 Å². The Morgan fingerprint density at radius 1 is 0.909 bits per heavy atom. The number of halogens is 2. The van der Waals surface area contributed by atoms with Crippen molar-refractivity contribution in [3.63, 3.8) is 0 Å². The summed E-state index contributed by atoms with van der Waals surface area (Å²) in [5.41, 5.74) is 0.982. The average Bonchev–Trinajstić information content (AvgIpc) is 2.46. The molecule has 3 aromatic rings. The van der Waals surface area contributed by atoms with E-state index in [1.54, 1.807) is 0 Å². The highest BCUT2D eigenvalue weighted by molar-refractivity contribution is 5.96. The van der Waals surface area contributed by atoms with Gasteiger partial charge in [0.1, 0.15) is 11.6 Å². The highest BCUT2D eigenvalue weighted by atomic mass is 19.1. The summed E-state index contributed by atoms with van der Waals surface area (Å²) in [4.78, 5) is 12.1. The Labute approximate surface area is 126 Å². The third-order valence-electron chi connectivity index (χ3n) is 3.38. The fourth-order valence-electron chi connectivity index (χ4n) is 2.45. The lowest BCUT2D eigenvalue weighted by atomic mass is 10.0. The molecule has 0 saturated heterocycles. The smallest absolute Gasteiger partial charge is 0.228 e. The van der Waals surface area contributed by atoms with E-state index < -0.39 is 11.6 Å². The molecule has 0 heterocycles. The van der Waals surface area contributed by atoms with Gasteiger partial charge in [0.25, 0.3) is 0 Å². The predicted octanol–water partition coefficient (Wildman–Crippen LogP) is 4.30. The molecular weight excluding hydrogens is 284 g/mol. The van der Waals surface area contributed by atoms with Crippen LogP contribution in [0.5, 0.6) is 0 Å². The van der Waals surface area contributed by atoms with Crippen molar-refractivity contribution in [1.82, 2.24) is 0 Å². The predicted molar refractivity (Wildman–Crippen MR) is 82.6 cm³/mol. The molecule has 0 aliphatic rings. The van der Waals surface area contributed by atoms with Crippen molar-refractivity contribution in [3.8, 4) is 0 Å². The summed E-state index contributed by atoms with van der Waals surface area (Å²) in [5, 5.41) is 4.56.